The van der Waals surface area contributed by atoms with E-state index in [0.717, 1.165) is 11.3 Å². The molecule has 0 atom stereocenters. The van der Waals surface area contributed by atoms with Crippen LogP contribution in [0.3, 0.4) is 0 Å². The summed E-state index contributed by atoms with van der Waals surface area (Å²) in [4.78, 5) is 13.0. The van der Waals surface area contributed by atoms with Gasteiger partial charge in [0.05, 0.1) is 0 Å². The highest BCUT2D eigenvalue weighted by molar-refractivity contribution is 7.89. The molecule has 0 aromatic carbocycles. The van der Waals surface area contributed by atoms with Gasteiger partial charge in [-0.2, -0.15) is 4.31 Å². The first-order valence-corrected chi connectivity index (χ1v) is 8.16. The summed E-state index contributed by atoms with van der Waals surface area (Å²) < 4.78 is 26.5. The molecule has 0 spiro atoms. The van der Waals surface area contributed by atoms with Gasteiger partial charge in [0.15, 0.2) is 0 Å². The number of hydrogen-bond acceptors (Lipinski definition) is 5. The Hall–Kier alpha value is -0.960. The maximum atomic E-state index is 12.6. The van der Waals surface area contributed by atoms with Crippen LogP contribution in [-0.2, 0) is 10.0 Å². The third-order valence-electron chi connectivity index (χ3n) is 3.17. The number of aryl methyl sites for hydroxylation is 1. The van der Waals surface area contributed by atoms with Crippen molar-refractivity contribution in [3.8, 4) is 0 Å². The fourth-order valence-corrected chi connectivity index (χ4v) is 5.06. The highest BCUT2D eigenvalue weighted by atomic mass is 32.2. The minimum absolute atomic E-state index is 0.0467. The van der Waals surface area contributed by atoms with E-state index >= 15 is 0 Å². The molecule has 1 aliphatic rings. The van der Waals surface area contributed by atoms with Crippen molar-refractivity contribution in [2.75, 3.05) is 33.2 Å². The van der Waals surface area contributed by atoms with E-state index in [1.165, 1.54) is 4.31 Å². The zero-order valence-electron chi connectivity index (χ0n) is 10.8. The molecule has 1 aliphatic heterocycles. The molecular formula is C11H16N2O4S2. The van der Waals surface area contributed by atoms with Gasteiger partial charge in [0.1, 0.15) is 9.77 Å². The van der Waals surface area contributed by atoms with E-state index < -0.39 is 16.0 Å². The Morgan fingerprint density at radius 2 is 1.89 bits per heavy atom. The van der Waals surface area contributed by atoms with Crippen molar-refractivity contribution < 1.29 is 18.3 Å². The SMILES string of the molecule is Cc1csc(C(=O)O)c1S(=O)(=O)N1CCN(C)CC1. The second kappa shape index (κ2) is 5.20. The lowest BCUT2D eigenvalue weighted by Crippen LogP contribution is -2.47. The molecule has 0 unspecified atom stereocenters. The summed E-state index contributed by atoms with van der Waals surface area (Å²) in [5.74, 6) is -1.19. The van der Waals surface area contributed by atoms with Gasteiger partial charge in [0.25, 0.3) is 0 Å². The quantitative estimate of drug-likeness (QED) is 0.889. The standard InChI is InChI=1S/C11H16N2O4S2/c1-8-7-18-9(11(14)15)10(8)19(16,17)13-5-3-12(2)4-6-13/h7H,3-6H2,1-2H3,(H,14,15). The molecule has 0 saturated carbocycles. The largest absolute Gasteiger partial charge is 0.477 e. The van der Waals surface area contributed by atoms with Crippen LogP contribution < -0.4 is 0 Å². The first kappa shape index (κ1) is 14.4. The van der Waals surface area contributed by atoms with E-state index in [2.05, 4.69) is 0 Å². The summed E-state index contributed by atoms with van der Waals surface area (Å²) in [6.45, 7) is 3.74. The van der Waals surface area contributed by atoms with Gasteiger partial charge in [-0.15, -0.1) is 11.3 Å². The van der Waals surface area contributed by atoms with Crippen molar-refractivity contribution in [2.45, 2.75) is 11.8 Å². The second-order valence-electron chi connectivity index (χ2n) is 4.59. The Morgan fingerprint density at radius 1 is 1.32 bits per heavy atom. The first-order chi connectivity index (χ1) is 8.84. The summed E-state index contributed by atoms with van der Waals surface area (Å²) in [6.07, 6.45) is 0. The van der Waals surface area contributed by atoms with Gasteiger partial charge in [-0.25, -0.2) is 13.2 Å². The number of thiophene rings is 1. The average molecular weight is 304 g/mol. The first-order valence-electron chi connectivity index (χ1n) is 5.84. The predicted molar refractivity (Wildman–Crippen MR) is 72.3 cm³/mol. The Bertz CT molecular complexity index is 586. The normalized spacial score (nSPS) is 18.6. The lowest BCUT2D eigenvalue weighted by atomic mass is 10.3. The number of rotatable bonds is 3. The van der Waals surface area contributed by atoms with Gasteiger partial charge in [-0.1, -0.05) is 0 Å². The number of aromatic carboxylic acids is 1. The van der Waals surface area contributed by atoms with Gasteiger partial charge in [-0.3, -0.25) is 0 Å². The van der Waals surface area contributed by atoms with Crippen molar-refractivity contribution in [3.63, 3.8) is 0 Å². The molecule has 2 rings (SSSR count). The van der Waals surface area contributed by atoms with Crippen molar-refractivity contribution in [2.24, 2.45) is 0 Å². The molecule has 6 nitrogen and oxygen atoms in total. The van der Waals surface area contributed by atoms with Gasteiger partial charge in [0.2, 0.25) is 10.0 Å². The Morgan fingerprint density at radius 3 is 2.42 bits per heavy atom. The molecule has 1 fully saturated rings. The van der Waals surface area contributed by atoms with Crippen LogP contribution in [0.2, 0.25) is 0 Å². The molecule has 19 heavy (non-hydrogen) atoms. The summed E-state index contributed by atoms with van der Waals surface area (Å²) in [7, 11) is -1.78. The molecule has 2 heterocycles. The molecule has 0 amide bonds. The number of piperazine rings is 1. The average Bonchev–Trinajstić information content (AvgIpc) is 2.72. The molecule has 1 saturated heterocycles. The number of sulfonamides is 1. The van der Waals surface area contributed by atoms with Crippen LogP contribution in [0.15, 0.2) is 10.3 Å². The van der Waals surface area contributed by atoms with Crippen molar-refractivity contribution in [3.05, 3.63) is 15.8 Å². The second-order valence-corrected chi connectivity index (χ2v) is 7.34. The van der Waals surface area contributed by atoms with Crippen LogP contribution in [0.5, 0.6) is 0 Å². The number of hydrogen-bond donors (Lipinski definition) is 1. The number of carboxylic acids is 1. The summed E-state index contributed by atoms with van der Waals surface area (Å²) in [5.41, 5.74) is 0.501. The third kappa shape index (κ3) is 2.66. The number of likely N-dealkylation sites (N-methyl/N-ethyl adjacent to an activating group) is 1. The molecule has 106 valence electrons. The smallest absolute Gasteiger partial charge is 0.347 e. The Balaban J connectivity index is 2.40. The maximum Gasteiger partial charge on any atom is 0.347 e. The molecule has 0 bridgehead atoms. The Labute approximate surface area is 116 Å². The molecule has 8 heteroatoms. The molecule has 1 aromatic heterocycles. The minimum atomic E-state index is -3.71. The van der Waals surface area contributed by atoms with Crippen molar-refractivity contribution in [1.82, 2.24) is 9.21 Å². The monoisotopic (exact) mass is 304 g/mol. The van der Waals surface area contributed by atoms with E-state index in [1.54, 1.807) is 12.3 Å². The van der Waals surface area contributed by atoms with E-state index in [4.69, 9.17) is 5.11 Å². The van der Waals surface area contributed by atoms with E-state index in [1.807, 2.05) is 11.9 Å². The maximum absolute atomic E-state index is 12.6. The minimum Gasteiger partial charge on any atom is -0.477 e. The molecule has 0 aliphatic carbocycles. The summed E-state index contributed by atoms with van der Waals surface area (Å²) in [5, 5.41) is 10.7. The fraction of sp³-hybridized carbons (Fsp3) is 0.545. The third-order valence-corrected chi connectivity index (χ3v) is 6.47. The molecule has 1 N–H and O–H groups in total. The number of carboxylic acid groups (broad SMARTS) is 1. The van der Waals surface area contributed by atoms with E-state index in [-0.39, 0.29) is 9.77 Å². The van der Waals surface area contributed by atoms with Gasteiger partial charge in [-0.05, 0) is 24.9 Å². The fourth-order valence-electron chi connectivity index (χ4n) is 2.06. The van der Waals surface area contributed by atoms with Crippen molar-refractivity contribution in [1.29, 1.82) is 0 Å². The predicted octanol–water partition coefficient (Wildman–Crippen LogP) is 0.691. The van der Waals surface area contributed by atoms with Gasteiger partial charge >= 0.3 is 5.97 Å². The van der Waals surface area contributed by atoms with Crippen molar-refractivity contribution >= 4 is 27.3 Å². The molecular weight excluding hydrogens is 288 g/mol. The van der Waals surface area contributed by atoms with Gasteiger partial charge in [0, 0.05) is 26.2 Å². The molecule has 1 aromatic rings. The van der Waals surface area contributed by atoms with Crippen LogP contribution in [0, 0.1) is 6.92 Å². The van der Waals surface area contributed by atoms with Crippen LogP contribution in [0.25, 0.3) is 0 Å². The Kier molecular flexibility index (Phi) is 3.95. The van der Waals surface area contributed by atoms with E-state index in [9.17, 15) is 13.2 Å². The van der Waals surface area contributed by atoms with Gasteiger partial charge < -0.3 is 10.0 Å². The summed E-state index contributed by atoms with van der Waals surface area (Å²) >= 11 is 0.960. The summed E-state index contributed by atoms with van der Waals surface area (Å²) in [6, 6.07) is 0. The lowest BCUT2D eigenvalue weighted by molar-refractivity contribution is 0.0698. The number of carbonyl (C=O) groups is 1. The highest BCUT2D eigenvalue weighted by Gasteiger charge is 2.33. The van der Waals surface area contributed by atoms with Crippen LogP contribution in [0.4, 0.5) is 0 Å². The van der Waals surface area contributed by atoms with Crippen LogP contribution in [-0.4, -0.2) is 61.9 Å². The topological polar surface area (TPSA) is 77.9 Å². The number of nitrogens with zero attached hydrogens (tertiary/aromatic N) is 2. The molecule has 0 radical (unpaired) electrons. The lowest BCUT2D eigenvalue weighted by Gasteiger charge is -2.31. The zero-order chi connectivity index (χ0) is 14.2. The highest BCUT2D eigenvalue weighted by Crippen LogP contribution is 2.29. The van der Waals surface area contributed by atoms with Crippen LogP contribution in [0.1, 0.15) is 15.2 Å². The van der Waals surface area contributed by atoms with E-state index in [0.29, 0.717) is 31.7 Å². The zero-order valence-corrected chi connectivity index (χ0v) is 12.4. The van der Waals surface area contributed by atoms with Crippen LogP contribution >= 0.6 is 11.3 Å².